The van der Waals surface area contributed by atoms with Crippen molar-refractivity contribution in [2.45, 2.75) is 24.3 Å². The first-order valence-corrected chi connectivity index (χ1v) is 15.7. The van der Waals surface area contributed by atoms with Crippen LogP contribution in [0.25, 0.3) is 11.1 Å². The van der Waals surface area contributed by atoms with E-state index in [-0.39, 0.29) is 43.9 Å². The molecule has 0 saturated heterocycles. The van der Waals surface area contributed by atoms with Crippen molar-refractivity contribution in [1.82, 2.24) is 10.2 Å². The first-order valence-electron chi connectivity index (χ1n) is 15.7. The number of carbonyl (C=O) groups excluding carboxylic acids is 2. The zero-order chi connectivity index (χ0) is 33.4. The van der Waals surface area contributed by atoms with E-state index in [0.29, 0.717) is 40.5 Å². The molecule has 2 amide bonds. The van der Waals surface area contributed by atoms with Crippen molar-refractivity contribution in [2.24, 2.45) is 0 Å². The summed E-state index contributed by atoms with van der Waals surface area (Å²) in [6.45, 7) is 0.582. The summed E-state index contributed by atoms with van der Waals surface area (Å²) in [7, 11) is 2.91. The molecule has 0 spiro atoms. The number of amides is 2. The van der Waals surface area contributed by atoms with Crippen molar-refractivity contribution in [2.75, 3.05) is 40.7 Å². The fourth-order valence-corrected chi connectivity index (χ4v) is 7.04. The van der Waals surface area contributed by atoms with Crippen LogP contribution in [0.1, 0.15) is 56.9 Å². The minimum absolute atomic E-state index is 0.0514. The van der Waals surface area contributed by atoms with Gasteiger partial charge in [0.05, 0.1) is 20.3 Å². The smallest absolute Gasteiger partial charge is 0.407 e. The Morgan fingerprint density at radius 3 is 2.21 bits per heavy atom. The molecule has 48 heavy (non-hydrogen) atoms. The average Bonchev–Trinajstić information content (AvgIpc) is 3.71. The van der Waals surface area contributed by atoms with Crippen molar-refractivity contribution in [3.05, 3.63) is 107 Å². The number of nitrogens with one attached hydrogen (secondary N) is 1. The van der Waals surface area contributed by atoms with Gasteiger partial charge in [-0.05, 0) is 64.1 Å². The Morgan fingerprint density at radius 2 is 1.52 bits per heavy atom. The molecule has 7 rings (SSSR count). The number of methoxy groups -OCH3 is 2. The molecule has 0 saturated carbocycles. The van der Waals surface area contributed by atoms with Crippen molar-refractivity contribution in [3.8, 4) is 34.1 Å². The van der Waals surface area contributed by atoms with Crippen LogP contribution in [0.4, 0.5) is 4.79 Å². The van der Waals surface area contributed by atoms with Gasteiger partial charge < -0.3 is 39.0 Å². The van der Waals surface area contributed by atoms with Gasteiger partial charge in [-0.15, -0.1) is 0 Å². The molecule has 246 valence electrons. The van der Waals surface area contributed by atoms with Gasteiger partial charge in [-0.2, -0.15) is 0 Å². The minimum atomic E-state index is -1.13. The van der Waals surface area contributed by atoms with E-state index in [2.05, 4.69) is 29.6 Å². The third kappa shape index (κ3) is 5.40. The van der Waals surface area contributed by atoms with Gasteiger partial charge in [0.15, 0.2) is 23.0 Å². The van der Waals surface area contributed by atoms with E-state index >= 15 is 0 Å². The molecule has 4 aromatic rings. The van der Waals surface area contributed by atoms with Crippen LogP contribution in [0.3, 0.4) is 0 Å². The first-order chi connectivity index (χ1) is 23.4. The number of carboxylic acid groups (broad SMARTS) is 1. The second-order valence-electron chi connectivity index (χ2n) is 11.8. The first kappa shape index (κ1) is 30.9. The molecule has 0 fully saturated rings. The van der Waals surface area contributed by atoms with Gasteiger partial charge in [0.1, 0.15) is 12.5 Å². The number of ether oxygens (including phenoxy) is 5. The van der Waals surface area contributed by atoms with E-state index in [4.69, 9.17) is 23.7 Å². The Hall–Kier alpha value is -5.71. The van der Waals surface area contributed by atoms with E-state index in [0.717, 1.165) is 22.3 Å². The molecule has 11 nitrogen and oxygen atoms in total. The fraction of sp³-hybridized carbons (Fsp3) is 0.270. The third-order valence-corrected chi connectivity index (χ3v) is 9.23. The Morgan fingerprint density at radius 1 is 0.854 bits per heavy atom. The molecule has 2 atom stereocenters. The van der Waals surface area contributed by atoms with Crippen LogP contribution >= 0.6 is 0 Å². The van der Waals surface area contributed by atoms with E-state index in [1.165, 1.54) is 25.2 Å². The number of fused-ring (bicyclic) bond motifs is 5. The molecule has 2 heterocycles. The summed E-state index contributed by atoms with van der Waals surface area (Å²) in [6.07, 6.45) is -0.230. The summed E-state index contributed by atoms with van der Waals surface area (Å²) in [5, 5.41) is 13.4. The Kier molecular flexibility index (Phi) is 8.26. The standard InChI is InChI=1S/C37H34N2O9/c1-44-30-17-26-27(18-31(30)45-2)35(40)39(34(33(26)36(41)42)21-12-13-29-32(16-21)48-20-47-29)15-7-14-38-37(43)46-19-28-24-10-5-3-8-22(24)23-9-4-6-11-25(23)28/h3-6,8-13,16-18,28,33-34H,7,14-15,19-20H2,1-2H3,(H,38,43)(H,41,42)/t33-,34-/m1/s1. The lowest BCUT2D eigenvalue weighted by Crippen LogP contribution is -2.46. The second-order valence-corrected chi connectivity index (χ2v) is 11.8. The lowest BCUT2D eigenvalue weighted by atomic mass is 9.79. The van der Waals surface area contributed by atoms with E-state index in [1.807, 2.05) is 24.3 Å². The Balaban J connectivity index is 1.08. The van der Waals surface area contributed by atoms with Crippen LogP contribution in [0.2, 0.25) is 0 Å². The van der Waals surface area contributed by atoms with Crippen molar-refractivity contribution >= 4 is 18.0 Å². The highest BCUT2D eigenvalue weighted by molar-refractivity contribution is 6.01. The number of nitrogens with zero attached hydrogens (tertiary/aromatic N) is 1. The van der Waals surface area contributed by atoms with Gasteiger partial charge in [0.2, 0.25) is 6.79 Å². The van der Waals surface area contributed by atoms with Gasteiger partial charge in [0.25, 0.3) is 5.91 Å². The lowest BCUT2D eigenvalue weighted by Gasteiger charge is -2.41. The summed E-state index contributed by atoms with van der Waals surface area (Å²) < 4.78 is 27.6. The minimum Gasteiger partial charge on any atom is -0.493 e. The number of hydrogen-bond acceptors (Lipinski definition) is 8. The van der Waals surface area contributed by atoms with Gasteiger partial charge in [0, 0.05) is 24.6 Å². The number of hydrogen-bond donors (Lipinski definition) is 2. The van der Waals surface area contributed by atoms with E-state index in [9.17, 15) is 19.5 Å². The predicted molar refractivity (Wildman–Crippen MR) is 174 cm³/mol. The summed E-state index contributed by atoms with van der Waals surface area (Å²) in [6, 6.07) is 23.6. The van der Waals surface area contributed by atoms with Gasteiger partial charge in [-0.25, -0.2) is 4.79 Å². The summed E-state index contributed by atoms with van der Waals surface area (Å²) in [5.74, 6) is -1.04. The summed E-state index contributed by atoms with van der Waals surface area (Å²) >= 11 is 0. The maximum Gasteiger partial charge on any atom is 0.407 e. The molecule has 0 unspecified atom stereocenters. The molecule has 2 aliphatic heterocycles. The maximum absolute atomic E-state index is 14.1. The molecule has 0 bridgehead atoms. The second kappa shape index (κ2) is 12.8. The quantitative estimate of drug-likeness (QED) is 0.207. The highest BCUT2D eigenvalue weighted by Gasteiger charge is 2.45. The molecule has 3 aliphatic rings. The topological polar surface area (TPSA) is 133 Å². The van der Waals surface area contributed by atoms with Gasteiger partial charge >= 0.3 is 12.1 Å². The van der Waals surface area contributed by atoms with E-state index in [1.54, 1.807) is 24.3 Å². The zero-order valence-corrected chi connectivity index (χ0v) is 26.4. The molecular weight excluding hydrogens is 616 g/mol. The Labute approximate surface area is 276 Å². The average molecular weight is 651 g/mol. The molecule has 11 heteroatoms. The third-order valence-electron chi connectivity index (χ3n) is 9.23. The number of benzene rings is 4. The number of carbonyl (C=O) groups is 3. The predicted octanol–water partition coefficient (Wildman–Crippen LogP) is 5.73. The zero-order valence-electron chi connectivity index (χ0n) is 26.4. The Bertz CT molecular complexity index is 1860. The van der Waals surface area contributed by atoms with Crippen LogP contribution in [0, 0.1) is 0 Å². The largest absolute Gasteiger partial charge is 0.493 e. The van der Waals surface area contributed by atoms with E-state index < -0.39 is 24.0 Å². The molecular formula is C37H34N2O9. The lowest BCUT2D eigenvalue weighted by molar-refractivity contribution is -0.140. The number of rotatable bonds is 10. The molecule has 2 N–H and O–H groups in total. The van der Waals surface area contributed by atoms with Crippen LogP contribution in [0.5, 0.6) is 23.0 Å². The van der Waals surface area contributed by atoms with Gasteiger partial charge in [-0.1, -0.05) is 54.6 Å². The highest BCUT2D eigenvalue weighted by Crippen LogP contribution is 2.48. The molecule has 1 aliphatic carbocycles. The van der Waals surface area contributed by atoms with Crippen LogP contribution in [0.15, 0.2) is 78.9 Å². The number of carboxylic acids is 1. The van der Waals surface area contributed by atoms with Crippen LogP contribution in [-0.2, 0) is 9.53 Å². The maximum atomic E-state index is 14.1. The summed E-state index contributed by atoms with van der Waals surface area (Å²) in [4.78, 5) is 41.4. The fourth-order valence-electron chi connectivity index (χ4n) is 7.04. The highest BCUT2D eigenvalue weighted by atomic mass is 16.7. The van der Waals surface area contributed by atoms with Crippen LogP contribution in [-0.4, -0.2) is 68.7 Å². The number of alkyl carbamates (subject to hydrolysis) is 1. The molecule has 0 radical (unpaired) electrons. The monoisotopic (exact) mass is 650 g/mol. The van der Waals surface area contributed by atoms with Crippen molar-refractivity contribution in [3.63, 3.8) is 0 Å². The normalized spacial score (nSPS) is 17.3. The van der Waals surface area contributed by atoms with Crippen LogP contribution < -0.4 is 24.3 Å². The van der Waals surface area contributed by atoms with Crippen molar-refractivity contribution < 1.29 is 43.2 Å². The molecule has 0 aromatic heterocycles. The SMILES string of the molecule is COc1cc2c(cc1OC)[C@@H](C(=O)O)[C@@H](c1ccc3c(c1)OCO3)N(CCCNC(=O)OCC1c3ccccc3-c3ccccc31)C2=O. The molecule has 4 aromatic carbocycles. The summed E-state index contributed by atoms with van der Waals surface area (Å²) in [5.41, 5.74) is 5.62. The van der Waals surface area contributed by atoms with Gasteiger partial charge in [-0.3, -0.25) is 9.59 Å². The number of aliphatic carboxylic acids is 1. The van der Waals surface area contributed by atoms with Crippen molar-refractivity contribution in [1.29, 1.82) is 0 Å².